The van der Waals surface area contributed by atoms with Gasteiger partial charge in [-0.15, -0.1) is 0 Å². The van der Waals surface area contributed by atoms with Crippen LogP contribution in [0.25, 0.3) is 0 Å². The van der Waals surface area contributed by atoms with Crippen LogP contribution in [0.5, 0.6) is 0 Å². The number of hydrogen-bond donors (Lipinski definition) is 1. The van der Waals surface area contributed by atoms with Crippen LogP contribution < -0.4 is 5.73 Å². The molecule has 1 fully saturated rings. The minimum Gasteiger partial charge on any atom is -0.378 e. The molecule has 98 valence electrons. The first kappa shape index (κ1) is 12.2. The van der Waals surface area contributed by atoms with Crippen molar-refractivity contribution in [2.75, 3.05) is 13.2 Å². The maximum absolute atomic E-state index is 6.04. The third kappa shape index (κ3) is 1.87. The molecule has 0 aromatic heterocycles. The second-order valence-corrected chi connectivity index (χ2v) is 5.54. The Bertz CT molecular complexity index is 401. The summed E-state index contributed by atoms with van der Waals surface area (Å²) in [7, 11) is 0. The number of nitrogens with two attached hydrogens (primary N) is 1. The predicted octanol–water partition coefficient (Wildman–Crippen LogP) is 1.90. The summed E-state index contributed by atoms with van der Waals surface area (Å²) >= 11 is 0. The van der Waals surface area contributed by atoms with Gasteiger partial charge in [0.15, 0.2) is 0 Å². The molecule has 3 heteroatoms. The van der Waals surface area contributed by atoms with Gasteiger partial charge in [0, 0.05) is 31.8 Å². The maximum Gasteiger partial charge on any atom is 0.0611 e. The van der Waals surface area contributed by atoms with Crippen molar-refractivity contribution in [3.8, 4) is 0 Å². The van der Waals surface area contributed by atoms with Crippen LogP contribution >= 0.6 is 0 Å². The lowest BCUT2D eigenvalue weighted by Crippen LogP contribution is -2.62. The molecule has 2 N–H and O–H groups in total. The zero-order chi connectivity index (χ0) is 12.6. The molecule has 0 unspecified atom stereocenters. The number of benzene rings is 1. The van der Waals surface area contributed by atoms with Crippen molar-refractivity contribution in [2.45, 2.75) is 44.5 Å². The monoisotopic (exact) mass is 246 g/mol. The Morgan fingerprint density at radius 1 is 1.28 bits per heavy atom. The van der Waals surface area contributed by atoms with Gasteiger partial charge in [0.2, 0.25) is 0 Å². The minimum atomic E-state index is 0.179. The first-order valence-electron chi connectivity index (χ1n) is 6.91. The molecule has 1 aliphatic heterocycles. The molecule has 0 atom stereocenters. The zero-order valence-electron chi connectivity index (χ0n) is 11.1. The SMILES string of the molecule is CCOC1CC(CN)(N2Cc3ccccc3C2)C1. The molecule has 3 nitrogen and oxygen atoms in total. The van der Waals surface area contributed by atoms with E-state index in [1.54, 1.807) is 0 Å². The molecule has 2 aliphatic rings. The third-order valence-electron chi connectivity index (χ3n) is 4.51. The first-order valence-corrected chi connectivity index (χ1v) is 6.91. The average molecular weight is 246 g/mol. The van der Waals surface area contributed by atoms with Gasteiger partial charge in [-0.25, -0.2) is 0 Å². The zero-order valence-corrected chi connectivity index (χ0v) is 11.1. The Morgan fingerprint density at radius 2 is 1.89 bits per heavy atom. The molecule has 1 saturated carbocycles. The van der Waals surface area contributed by atoms with E-state index in [1.807, 2.05) is 0 Å². The predicted molar refractivity (Wildman–Crippen MR) is 72.1 cm³/mol. The number of rotatable bonds is 4. The van der Waals surface area contributed by atoms with E-state index in [4.69, 9.17) is 10.5 Å². The number of nitrogens with zero attached hydrogens (tertiary/aromatic N) is 1. The van der Waals surface area contributed by atoms with Crippen LogP contribution in [0.15, 0.2) is 24.3 Å². The fourth-order valence-electron chi connectivity index (χ4n) is 3.36. The van der Waals surface area contributed by atoms with Crippen molar-refractivity contribution in [3.63, 3.8) is 0 Å². The lowest BCUT2D eigenvalue weighted by molar-refractivity contribution is -0.102. The van der Waals surface area contributed by atoms with Gasteiger partial charge in [-0.3, -0.25) is 4.90 Å². The molecule has 1 aliphatic carbocycles. The van der Waals surface area contributed by atoms with Crippen molar-refractivity contribution in [1.82, 2.24) is 4.90 Å². The fourth-order valence-corrected chi connectivity index (χ4v) is 3.36. The second-order valence-electron chi connectivity index (χ2n) is 5.54. The summed E-state index contributed by atoms with van der Waals surface area (Å²) in [5.41, 5.74) is 9.15. The van der Waals surface area contributed by atoms with Crippen LogP contribution in [-0.2, 0) is 17.8 Å². The van der Waals surface area contributed by atoms with Crippen molar-refractivity contribution in [3.05, 3.63) is 35.4 Å². The Kier molecular flexibility index (Phi) is 3.14. The summed E-state index contributed by atoms with van der Waals surface area (Å²) in [4.78, 5) is 2.55. The van der Waals surface area contributed by atoms with Gasteiger partial charge >= 0.3 is 0 Å². The first-order chi connectivity index (χ1) is 8.77. The van der Waals surface area contributed by atoms with E-state index in [2.05, 4.69) is 36.1 Å². The van der Waals surface area contributed by atoms with E-state index in [1.165, 1.54) is 11.1 Å². The maximum atomic E-state index is 6.04. The molecular formula is C15H22N2O. The summed E-state index contributed by atoms with van der Waals surface area (Å²) in [5.74, 6) is 0. The molecule has 0 radical (unpaired) electrons. The minimum absolute atomic E-state index is 0.179. The van der Waals surface area contributed by atoms with Gasteiger partial charge in [0.25, 0.3) is 0 Å². The molecule has 3 rings (SSSR count). The molecule has 1 aromatic rings. The van der Waals surface area contributed by atoms with Crippen LogP contribution in [0.3, 0.4) is 0 Å². The fraction of sp³-hybridized carbons (Fsp3) is 0.600. The molecule has 0 spiro atoms. The van der Waals surface area contributed by atoms with Crippen molar-refractivity contribution in [2.24, 2.45) is 5.73 Å². The summed E-state index contributed by atoms with van der Waals surface area (Å²) in [6.07, 6.45) is 2.60. The Balaban J connectivity index is 1.70. The van der Waals surface area contributed by atoms with Crippen molar-refractivity contribution in [1.29, 1.82) is 0 Å². The molecule has 0 bridgehead atoms. The smallest absolute Gasteiger partial charge is 0.0611 e. The quantitative estimate of drug-likeness (QED) is 0.882. The highest BCUT2D eigenvalue weighted by atomic mass is 16.5. The summed E-state index contributed by atoms with van der Waals surface area (Å²) < 4.78 is 5.69. The summed E-state index contributed by atoms with van der Waals surface area (Å²) in [6.45, 7) is 5.71. The van der Waals surface area contributed by atoms with Crippen molar-refractivity contribution < 1.29 is 4.74 Å². The number of hydrogen-bond acceptors (Lipinski definition) is 3. The average Bonchev–Trinajstić information content (AvgIpc) is 2.77. The highest BCUT2D eigenvalue weighted by Gasteiger charge is 2.49. The van der Waals surface area contributed by atoms with Crippen LogP contribution in [0, 0.1) is 0 Å². The van der Waals surface area contributed by atoms with E-state index in [9.17, 15) is 0 Å². The van der Waals surface area contributed by atoms with E-state index in [0.29, 0.717) is 6.10 Å². The second kappa shape index (κ2) is 4.65. The number of ether oxygens (including phenoxy) is 1. The molecule has 1 aromatic carbocycles. The Hall–Kier alpha value is -0.900. The van der Waals surface area contributed by atoms with Gasteiger partial charge < -0.3 is 10.5 Å². The normalized spacial score (nSPS) is 31.1. The van der Waals surface area contributed by atoms with E-state index in [0.717, 1.165) is 39.1 Å². The third-order valence-corrected chi connectivity index (χ3v) is 4.51. The van der Waals surface area contributed by atoms with Crippen LogP contribution in [0.2, 0.25) is 0 Å². The summed E-state index contributed by atoms with van der Waals surface area (Å²) in [6, 6.07) is 8.72. The topological polar surface area (TPSA) is 38.5 Å². The van der Waals surface area contributed by atoms with Gasteiger partial charge in [0.05, 0.1) is 6.10 Å². The van der Waals surface area contributed by atoms with Crippen LogP contribution in [-0.4, -0.2) is 29.7 Å². The van der Waals surface area contributed by atoms with Crippen molar-refractivity contribution >= 4 is 0 Å². The van der Waals surface area contributed by atoms with Gasteiger partial charge in [-0.2, -0.15) is 0 Å². The van der Waals surface area contributed by atoms with Crippen LogP contribution in [0.1, 0.15) is 30.9 Å². The van der Waals surface area contributed by atoms with E-state index >= 15 is 0 Å². The molecular weight excluding hydrogens is 224 g/mol. The lowest BCUT2D eigenvalue weighted by atomic mass is 9.73. The van der Waals surface area contributed by atoms with E-state index in [-0.39, 0.29) is 5.54 Å². The lowest BCUT2D eigenvalue weighted by Gasteiger charge is -2.52. The van der Waals surface area contributed by atoms with E-state index < -0.39 is 0 Å². The number of fused-ring (bicyclic) bond motifs is 1. The van der Waals surface area contributed by atoms with Gasteiger partial charge in [-0.05, 0) is 30.9 Å². The highest BCUT2D eigenvalue weighted by molar-refractivity contribution is 5.31. The van der Waals surface area contributed by atoms with Gasteiger partial charge in [0.1, 0.15) is 0 Å². The van der Waals surface area contributed by atoms with Crippen LogP contribution in [0.4, 0.5) is 0 Å². The van der Waals surface area contributed by atoms with Gasteiger partial charge in [-0.1, -0.05) is 24.3 Å². The molecule has 1 heterocycles. The standard InChI is InChI=1S/C15H22N2O/c1-2-18-14-7-15(8-14,11-16)17-9-12-5-3-4-6-13(12)10-17/h3-6,14H,2,7-11,16H2,1H3. The highest BCUT2D eigenvalue weighted by Crippen LogP contribution is 2.43. The largest absolute Gasteiger partial charge is 0.378 e. The molecule has 18 heavy (non-hydrogen) atoms. The Labute approximate surface area is 109 Å². The molecule has 0 amide bonds. The molecule has 0 saturated heterocycles. The Morgan fingerprint density at radius 3 is 2.39 bits per heavy atom. The summed E-state index contributed by atoms with van der Waals surface area (Å²) in [5, 5.41) is 0.